The SMILES string of the molecule is O=C(Cc1ccc(Br)o1)NC1C(=O)N2C(C(=O)OCc3ccc([N+](=O)[O-])cc3)=C(CBr)CS[C@@H]12. The number of non-ortho nitro benzene ring substituents is 1. The van der Waals surface area contributed by atoms with Crippen molar-refractivity contribution in [3.63, 3.8) is 0 Å². The van der Waals surface area contributed by atoms with Crippen LogP contribution in [0, 0.1) is 10.1 Å². The Kier molecular flexibility index (Phi) is 7.43. The van der Waals surface area contributed by atoms with Crippen LogP contribution in [0.1, 0.15) is 11.3 Å². The Morgan fingerprint density at radius 3 is 2.62 bits per heavy atom. The number of hydrogen-bond donors (Lipinski definition) is 1. The molecular weight excluding hydrogens is 598 g/mol. The van der Waals surface area contributed by atoms with Gasteiger partial charge in [0.05, 0.1) is 11.3 Å². The molecule has 13 heteroatoms. The molecule has 2 aromatic rings. The number of nitro groups is 1. The van der Waals surface area contributed by atoms with Crippen molar-refractivity contribution in [2.45, 2.75) is 24.4 Å². The lowest BCUT2D eigenvalue weighted by Crippen LogP contribution is -2.70. The summed E-state index contributed by atoms with van der Waals surface area (Å²) in [7, 11) is 0. The van der Waals surface area contributed by atoms with E-state index in [0.717, 1.165) is 0 Å². The fourth-order valence-electron chi connectivity index (χ4n) is 3.54. The molecule has 1 fully saturated rings. The van der Waals surface area contributed by atoms with Crippen LogP contribution < -0.4 is 5.32 Å². The number of rotatable bonds is 8. The number of benzene rings is 1. The minimum Gasteiger partial charge on any atom is -0.456 e. The van der Waals surface area contributed by atoms with Gasteiger partial charge in [0.1, 0.15) is 29.5 Å². The van der Waals surface area contributed by atoms with Gasteiger partial charge in [-0.1, -0.05) is 15.9 Å². The van der Waals surface area contributed by atoms with Gasteiger partial charge in [-0.15, -0.1) is 11.8 Å². The van der Waals surface area contributed by atoms with Crippen molar-refractivity contribution in [3.8, 4) is 0 Å². The second-order valence-electron chi connectivity index (χ2n) is 7.42. The highest BCUT2D eigenvalue weighted by Gasteiger charge is 2.54. The van der Waals surface area contributed by atoms with Crippen LogP contribution in [0.2, 0.25) is 0 Å². The number of hydrogen-bond acceptors (Lipinski definition) is 8. The first kappa shape index (κ1) is 24.5. The van der Waals surface area contributed by atoms with E-state index in [4.69, 9.17) is 9.15 Å². The van der Waals surface area contributed by atoms with Gasteiger partial charge in [0.25, 0.3) is 11.6 Å². The predicted molar refractivity (Wildman–Crippen MR) is 129 cm³/mol. The van der Waals surface area contributed by atoms with Crippen LogP contribution in [0.25, 0.3) is 0 Å². The van der Waals surface area contributed by atoms with Crippen LogP contribution in [-0.4, -0.2) is 50.1 Å². The largest absolute Gasteiger partial charge is 0.456 e. The molecule has 0 aliphatic carbocycles. The Balaban J connectivity index is 1.40. The number of nitrogens with zero attached hydrogens (tertiary/aromatic N) is 2. The van der Waals surface area contributed by atoms with Gasteiger partial charge in [0.2, 0.25) is 5.91 Å². The smallest absolute Gasteiger partial charge is 0.355 e. The van der Waals surface area contributed by atoms with E-state index >= 15 is 0 Å². The van der Waals surface area contributed by atoms with Crippen LogP contribution in [0.15, 0.2) is 56.8 Å². The Bertz CT molecular complexity index is 1180. The third-order valence-corrected chi connectivity index (χ3v) is 7.64. The first-order valence-corrected chi connectivity index (χ1v) is 12.9. The van der Waals surface area contributed by atoms with Crippen LogP contribution in [0.3, 0.4) is 0 Å². The number of furan rings is 1. The average molecular weight is 615 g/mol. The maximum Gasteiger partial charge on any atom is 0.355 e. The highest BCUT2D eigenvalue weighted by molar-refractivity contribution is 9.10. The first-order valence-electron chi connectivity index (χ1n) is 9.95. The van der Waals surface area contributed by atoms with Gasteiger partial charge < -0.3 is 14.5 Å². The second kappa shape index (κ2) is 10.3. The third-order valence-electron chi connectivity index (χ3n) is 5.20. The predicted octanol–water partition coefficient (Wildman–Crippen LogP) is 3.29. The number of carbonyl (C=O) groups is 3. The molecule has 1 saturated heterocycles. The minimum absolute atomic E-state index is 0.0145. The number of amides is 2. The summed E-state index contributed by atoms with van der Waals surface area (Å²) in [5.41, 5.74) is 1.37. The topological polar surface area (TPSA) is 132 Å². The quantitative estimate of drug-likeness (QED) is 0.158. The summed E-state index contributed by atoms with van der Waals surface area (Å²) >= 11 is 7.99. The summed E-state index contributed by atoms with van der Waals surface area (Å²) in [6.45, 7) is -0.103. The highest BCUT2D eigenvalue weighted by atomic mass is 79.9. The zero-order valence-corrected chi connectivity index (χ0v) is 21.4. The van der Waals surface area contributed by atoms with Crippen molar-refractivity contribution < 1.29 is 28.5 Å². The Hall–Kier alpha value is -2.64. The summed E-state index contributed by atoms with van der Waals surface area (Å²) in [4.78, 5) is 49.8. The molecule has 178 valence electrons. The van der Waals surface area contributed by atoms with Crippen molar-refractivity contribution in [2.75, 3.05) is 11.1 Å². The van der Waals surface area contributed by atoms with Gasteiger partial charge in [-0.25, -0.2) is 4.79 Å². The fourth-order valence-corrected chi connectivity index (χ4v) is 5.95. The molecule has 3 heterocycles. The van der Waals surface area contributed by atoms with Crippen LogP contribution in [0.4, 0.5) is 5.69 Å². The lowest BCUT2D eigenvalue weighted by Gasteiger charge is -2.49. The summed E-state index contributed by atoms with van der Waals surface area (Å²) < 4.78 is 11.2. The molecule has 2 aliphatic rings. The molecule has 10 nitrogen and oxygen atoms in total. The number of thioether (sulfide) groups is 1. The summed E-state index contributed by atoms with van der Waals surface area (Å²) in [5.74, 6) is -0.484. The lowest BCUT2D eigenvalue weighted by molar-refractivity contribution is -0.384. The maximum atomic E-state index is 12.9. The summed E-state index contributed by atoms with van der Waals surface area (Å²) in [5, 5.41) is 13.5. The molecule has 2 atom stereocenters. The zero-order valence-electron chi connectivity index (χ0n) is 17.4. The molecule has 4 rings (SSSR count). The van der Waals surface area contributed by atoms with E-state index < -0.39 is 28.2 Å². The van der Waals surface area contributed by atoms with Gasteiger partial charge in [0.15, 0.2) is 4.67 Å². The van der Waals surface area contributed by atoms with Gasteiger partial charge in [0, 0.05) is 23.2 Å². The number of nitro benzene ring substituents is 1. The fraction of sp³-hybridized carbons (Fsp3) is 0.286. The minimum atomic E-state index is -0.759. The van der Waals surface area contributed by atoms with Crippen molar-refractivity contribution in [1.82, 2.24) is 10.2 Å². The van der Waals surface area contributed by atoms with Crippen LogP contribution >= 0.6 is 43.6 Å². The summed E-state index contributed by atoms with van der Waals surface area (Å²) in [6, 6.07) is 8.24. The molecular formula is C21H17Br2N3O7S. The lowest BCUT2D eigenvalue weighted by atomic mass is 10.0. The number of halogens is 2. The number of fused-ring (bicyclic) bond motifs is 1. The molecule has 0 radical (unpaired) electrons. The number of nitrogens with one attached hydrogen (secondary N) is 1. The molecule has 0 spiro atoms. The van der Waals surface area contributed by atoms with Crippen molar-refractivity contribution >= 4 is 67.1 Å². The van der Waals surface area contributed by atoms with E-state index in [9.17, 15) is 24.5 Å². The number of esters is 1. The first-order chi connectivity index (χ1) is 16.3. The monoisotopic (exact) mass is 613 g/mol. The van der Waals surface area contributed by atoms with E-state index in [0.29, 0.717) is 32.6 Å². The molecule has 1 N–H and O–H groups in total. The third kappa shape index (κ3) is 5.05. The Morgan fingerprint density at radius 2 is 2.00 bits per heavy atom. The standard InChI is InChI=1S/C21H17Br2N3O7S/c22-8-12-10-34-20-17(24-16(27)7-14-5-6-15(23)33-14)19(28)25(20)18(12)21(29)32-9-11-1-3-13(4-2-11)26(30)31/h1-6,17,20H,7-10H2,(H,24,27)/t17?,20-/m0/s1. The number of β-lactam (4-membered cyclic amide) rings is 1. The van der Waals surface area contributed by atoms with E-state index in [2.05, 4.69) is 37.2 Å². The molecule has 1 aromatic heterocycles. The molecule has 1 aromatic carbocycles. The summed E-state index contributed by atoms with van der Waals surface area (Å²) in [6.07, 6.45) is -0.0145. The molecule has 2 amide bonds. The molecule has 1 unspecified atom stereocenters. The van der Waals surface area contributed by atoms with Crippen molar-refractivity contribution in [2.24, 2.45) is 0 Å². The Labute approximate surface area is 214 Å². The maximum absolute atomic E-state index is 12.9. The van der Waals surface area contributed by atoms with Gasteiger partial charge in [-0.05, 0) is 51.3 Å². The van der Waals surface area contributed by atoms with Gasteiger partial charge in [-0.2, -0.15) is 0 Å². The zero-order chi connectivity index (χ0) is 24.4. The molecule has 2 aliphatic heterocycles. The normalized spacial score (nSPS) is 19.4. The number of alkyl halides is 1. The number of carbonyl (C=O) groups excluding carboxylic acids is 3. The van der Waals surface area contributed by atoms with Crippen LogP contribution in [0.5, 0.6) is 0 Å². The van der Waals surface area contributed by atoms with E-state index in [1.165, 1.54) is 40.9 Å². The average Bonchev–Trinajstić information content (AvgIpc) is 3.24. The van der Waals surface area contributed by atoms with Gasteiger partial charge >= 0.3 is 5.97 Å². The van der Waals surface area contributed by atoms with E-state index in [1.807, 2.05) is 0 Å². The van der Waals surface area contributed by atoms with E-state index in [-0.39, 0.29) is 30.3 Å². The van der Waals surface area contributed by atoms with Crippen molar-refractivity contribution in [3.05, 3.63) is 73.8 Å². The van der Waals surface area contributed by atoms with Crippen LogP contribution in [-0.2, 0) is 32.1 Å². The molecule has 0 bridgehead atoms. The Morgan fingerprint density at radius 1 is 1.26 bits per heavy atom. The van der Waals surface area contributed by atoms with E-state index in [1.54, 1.807) is 12.1 Å². The highest BCUT2D eigenvalue weighted by Crippen LogP contribution is 2.41. The molecule has 34 heavy (non-hydrogen) atoms. The molecule has 0 saturated carbocycles. The number of ether oxygens (including phenoxy) is 1. The van der Waals surface area contributed by atoms with Crippen molar-refractivity contribution in [1.29, 1.82) is 0 Å². The van der Waals surface area contributed by atoms with Gasteiger partial charge in [-0.3, -0.25) is 24.6 Å². The second-order valence-corrected chi connectivity index (χ2v) is 9.87.